The van der Waals surface area contributed by atoms with Crippen LogP contribution in [0.1, 0.15) is 53.4 Å². The van der Waals surface area contributed by atoms with Crippen molar-refractivity contribution in [3.05, 3.63) is 0 Å². The largest absolute Gasteiger partial charge is 0.353 e. The van der Waals surface area contributed by atoms with E-state index in [-0.39, 0.29) is 18.5 Å². The standard InChI is InChI=1S/C17H28O5/c1-5-18-14-11(3)13-7-6-10(2)12-8-9-16(4)20-15(19-14)17(12,13)22-21-16/h10-15H,5-9H2,1-4H3/t10-,11-,12+,13+,14+,15-,16?,17+/m1/s1. The van der Waals surface area contributed by atoms with Crippen LogP contribution in [0.3, 0.4) is 0 Å². The van der Waals surface area contributed by atoms with Gasteiger partial charge >= 0.3 is 0 Å². The van der Waals surface area contributed by atoms with Crippen LogP contribution in [0.4, 0.5) is 0 Å². The highest BCUT2D eigenvalue weighted by Crippen LogP contribution is 2.60. The minimum atomic E-state index is -0.700. The molecule has 1 saturated carbocycles. The van der Waals surface area contributed by atoms with Crippen molar-refractivity contribution in [2.75, 3.05) is 6.61 Å². The van der Waals surface area contributed by atoms with Gasteiger partial charge in [0, 0.05) is 24.9 Å². The number of rotatable bonds is 2. The monoisotopic (exact) mass is 312 g/mol. The summed E-state index contributed by atoms with van der Waals surface area (Å²) in [5, 5.41) is 0. The summed E-state index contributed by atoms with van der Waals surface area (Å²) in [6.07, 6.45) is 3.66. The maximum absolute atomic E-state index is 6.25. The molecule has 5 fully saturated rings. The molecule has 1 unspecified atom stereocenters. The van der Waals surface area contributed by atoms with E-state index in [1.807, 2.05) is 13.8 Å². The molecule has 5 nitrogen and oxygen atoms in total. The third-order valence-corrected chi connectivity index (χ3v) is 6.43. The predicted octanol–water partition coefficient (Wildman–Crippen LogP) is 3.23. The molecule has 0 amide bonds. The van der Waals surface area contributed by atoms with Gasteiger partial charge in [0.2, 0.25) is 5.79 Å². The van der Waals surface area contributed by atoms with Gasteiger partial charge in [-0.3, -0.25) is 0 Å². The Hall–Kier alpha value is -0.200. The number of fused-ring (bicyclic) bond motifs is 2. The van der Waals surface area contributed by atoms with Crippen molar-refractivity contribution >= 4 is 0 Å². The maximum atomic E-state index is 6.25. The average molecular weight is 312 g/mol. The van der Waals surface area contributed by atoms with Gasteiger partial charge in [-0.1, -0.05) is 13.8 Å². The Morgan fingerprint density at radius 1 is 1.09 bits per heavy atom. The van der Waals surface area contributed by atoms with Gasteiger partial charge in [-0.2, -0.15) is 0 Å². The van der Waals surface area contributed by atoms with Crippen molar-refractivity contribution < 1.29 is 24.0 Å². The molecule has 1 spiro atoms. The Morgan fingerprint density at radius 3 is 2.68 bits per heavy atom. The first-order valence-corrected chi connectivity index (χ1v) is 8.82. The van der Waals surface area contributed by atoms with Gasteiger partial charge in [0.25, 0.3) is 0 Å². The lowest BCUT2D eigenvalue weighted by Gasteiger charge is -2.60. The van der Waals surface area contributed by atoms with Crippen molar-refractivity contribution in [2.45, 2.75) is 77.3 Å². The van der Waals surface area contributed by atoms with Crippen molar-refractivity contribution in [2.24, 2.45) is 23.7 Å². The Morgan fingerprint density at radius 2 is 1.91 bits per heavy atom. The van der Waals surface area contributed by atoms with Crippen molar-refractivity contribution in [3.63, 3.8) is 0 Å². The molecule has 126 valence electrons. The van der Waals surface area contributed by atoms with Gasteiger partial charge in [-0.05, 0) is 44.9 Å². The minimum Gasteiger partial charge on any atom is -0.353 e. The van der Waals surface area contributed by atoms with Crippen LogP contribution in [0.2, 0.25) is 0 Å². The number of hydrogen-bond donors (Lipinski definition) is 0. The molecule has 2 bridgehead atoms. The fourth-order valence-corrected chi connectivity index (χ4v) is 5.23. The Bertz CT molecular complexity index is 443. The van der Waals surface area contributed by atoms with Crippen LogP contribution in [-0.4, -0.2) is 30.6 Å². The molecule has 5 rings (SSSR count). The maximum Gasteiger partial charge on any atom is 0.201 e. The summed E-state index contributed by atoms with van der Waals surface area (Å²) < 4.78 is 18.3. The third-order valence-electron chi connectivity index (χ3n) is 6.43. The molecule has 8 atom stereocenters. The zero-order valence-corrected chi connectivity index (χ0v) is 14.0. The van der Waals surface area contributed by atoms with Crippen LogP contribution >= 0.6 is 0 Å². The molecule has 1 aliphatic carbocycles. The van der Waals surface area contributed by atoms with Gasteiger partial charge in [0.15, 0.2) is 18.2 Å². The van der Waals surface area contributed by atoms with Crippen LogP contribution in [0.25, 0.3) is 0 Å². The lowest BCUT2D eigenvalue weighted by molar-refractivity contribution is -0.577. The topological polar surface area (TPSA) is 46.2 Å². The van der Waals surface area contributed by atoms with Crippen molar-refractivity contribution in [1.29, 1.82) is 0 Å². The molecule has 4 saturated heterocycles. The average Bonchev–Trinajstić information content (AvgIpc) is 2.71. The van der Waals surface area contributed by atoms with E-state index in [0.29, 0.717) is 24.4 Å². The Kier molecular flexibility index (Phi) is 3.59. The van der Waals surface area contributed by atoms with E-state index >= 15 is 0 Å². The Labute approximate surface area is 132 Å². The highest BCUT2D eigenvalue weighted by Gasteiger charge is 2.69. The first-order valence-electron chi connectivity index (χ1n) is 8.82. The van der Waals surface area contributed by atoms with Gasteiger partial charge in [0.05, 0.1) is 0 Å². The normalized spacial score (nSPS) is 57.3. The molecule has 5 aliphatic rings. The SMILES string of the molecule is CCO[C@H]1O[C@@H]2OC3(C)CC[C@H]4[C@H](C)CC[C@@H]([C@H]1C)[C@]24OO3. The van der Waals surface area contributed by atoms with E-state index in [1.165, 1.54) is 6.42 Å². The molecule has 0 aromatic carbocycles. The lowest BCUT2D eigenvalue weighted by atomic mass is 9.58. The van der Waals surface area contributed by atoms with Crippen molar-refractivity contribution in [3.8, 4) is 0 Å². The summed E-state index contributed by atoms with van der Waals surface area (Å²) in [6, 6.07) is 0. The predicted molar refractivity (Wildman–Crippen MR) is 78.5 cm³/mol. The molecular weight excluding hydrogens is 284 g/mol. The smallest absolute Gasteiger partial charge is 0.201 e. The summed E-state index contributed by atoms with van der Waals surface area (Å²) in [5.41, 5.74) is -0.472. The molecule has 4 heterocycles. The Balaban J connectivity index is 1.75. The number of ether oxygens (including phenoxy) is 3. The second-order valence-electron chi connectivity index (χ2n) is 7.73. The van der Waals surface area contributed by atoms with E-state index < -0.39 is 11.4 Å². The fourth-order valence-electron chi connectivity index (χ4n) is 5.23. The van der Waals surface area contributed by atoms with Crippen LogP contribution in [0.5, 0.6) is 0 Å². The first kappa shape index (κ1) is 15.3. The summed E-state index contributed by atoms with van der Waals surface area (Å²) in [6.45, 7) is 9.15. The molecule has 0 radical (unpaired) electrons. The number of hydrogen-bond acceptors (Lipinski definition) is 5. The minimum absolute atomic E-state index is 0.216. The highest BCUT2D eigenvalue weighted by atomic mass is 17.3. The summed E-state index contributed by atoms with van der Waals surface area (Å²) in [5.74, 6) is 0.957. The quantitative estimate of drug-likeness (QED) is 0.733. The first-order chi connectivity index (χ1) is 10.5. The van der Waals surface area contributed by atoms with Crippen molar-refractivity contribution in [1.82, 2.24) is 0 Å². The molecule has 22 heavy (non-hydrogen) atoms. The van der Waals surface area contributed by atoms with Gasteiger partial charge in [-0.25, -0.2) is 9.78 Å². The summed E-state index contributed by atoms with van der Waals surface area (Å²) in [7, 11) is 0. The third kappa shape index (κ3) is 1.96. The van der Waals surface area contributed by atoms with Gasteiger partial charge < -0.3 is 14.2 Å². The van der Waals surface area contributed by atoms with Crippen LogP contribution in [-0.2, 0) is 24.0 Å². The molecule has 0 N–H and O–H groups in total. The van der Waals surface area contributed by atoms with Gasteiger partial charge in [0.1, 0.15) is 0 Å². The van der Waals surface area contributed by atoms with E-state index in [4.69, 9.17) is 24.0 Å². The fraction of sp³-hybridized carbons (Fsp3) is 1.00. The lowest BCUT2D eigenvalue weighted by Crippen LogP contribution is -2.70. The zero-order chi connectivity index (χ0) is 15.5. The second-order valence-corrected chi connectivity index (χ2v) is 7.73. The highest BCUT2D eigenvalue weighted by molar-refractivity contribution is 5.09. The van der Waals surface area contributed by atoms with Crippen LogP contribution in [0, 0.1) is 23.7 Å². The summed E-state index contributed by atoms with van der Waals surface area (Å²) in [4.78, 5) is 11.9. The van der Waals surface area contributed by atoms with E-state index in [9.17, 15) is 0 Å². The molecule has 0 aromatic heterocycles. The van der Waals surface area contributed by atoms with E-state index in [1.54, 1.807) is 0 Å². The van der Waals surface area contributed by atoms with Crippen LogP contribution in [0.15, 0.2) is 0 Å². The molecule has 5 heteroatoms. The van der Waals surface area contributed by atoms with E-state index in [2.05, 4.69) is 13.8 Å². The molecule has 4 aliphatic heterocycles. The molecule has 0 aromatic rings. The van der Waals surface area contributed by atoms with Crippen LogP contribution < -0.4 is 0 Å². The molecular formula is C17H28O5. The van der Waals surface area contributed by atoms with E-state index in [0.717, 1.165) is 19.3 Å². The van der Waals surface area contributed by atoms with Gasteiger partial charge in [-0.15, -0.1) is 0 Å². The summed E-state index contributed by atoms with van der Waals surface area (Å²) >= 11 is 0. The zero-order valence-electron chi connectivity index (χ0n) is 14.0. The second kappa shape index (κ2) is 5.15.